The van der Waals surface area contributed by atoms with Crippen LogP contribution in [0.15, 0.2) is 11.1 Å². The van der Waals surface area contributed by atoms with E-state index in [9.17, 15) is 19.5 Å². The number of aliphatic hydroxyl groups is 1. The second-order valence-electron chi connectivity index (χ2n) is 13.9. The molecule has 0 heterocycles. The summed E-state index contributed by atoms with van der Waals surface area (Å²) < 4.78 is 11.4. The van der Waals surface area contributed by atoms with Crippen LogP contribution in [0.3, 0.4) is 0 Å². The number of hydrogen-bond donors (Lipinski definition) is 1. The Balaban J connectivity index is 1.63. The molecule has 0 spiro atoms. The number of hydrogen-bond acceptors (Lipinski definition) is 6. The highest BCUT2D eigenvalue weighted by Crippen LogP contribution is 2.65. The van der Waals surface area contributed by atoms with E-state index in [1.807, 2.05) is 6.92 Å². The predicted molar refractivity (Wildman–Crippen MR) is 146 cm³/mol. The summed E-state index contributed by atoms with van der Waals surface area (Å²) in [6, 6.07) is 0. The number of fused-ring (bicyclic) bond motifs is 4. The van der Waals surface area contributed by atoms with Crippen molar-refractivity contribution in [2.75, 3.05) is 0 Å². The molecular formula is C32H50O6. The van der Waals surface area contributed by atoms with Crippen molar-refractivity contribution < 1.29 is 29.0 Å². The van der Waals surface area contributed by atoms with Crippen molar-refractivity contribution in [2.45, 2.75) is 125 Å². The van der Waals surface area contributed by atoms with Crippen LogP contribution in [-0.2, 0) is 23.9 Å². The molecule has 6 heteroatoms. The highest BCUT2D eigenvalue weighted by Gasteiger charge is 2.59. The second-order valence-corrected chi connectivity index (χ2v) is 13.9. The summed E-state index contributed by atoms with van der Waals surface area (Å²) in [4.78, 5) is 37.5. The molecule has 0 aromatic rings. The quantitative estimate of drug-likeness (QED) is 0.404. The van der Waals surface area contributed by atoms with E-state index in [2.05, 4.69) is 34.6 Å². The van der Waals surface area contributed by atoms with Crippen LogP contribution in [-0.4, -0.2) is 41.1 Å². The molecule has 0 aromatic carbocycles. The molecular weight excluding hydrogens is 480 g/mol. The van der Waals surface area contributed by atoms with Gasteiger partial charge in [-0.2, -0.15) is 0 Å². The molecule has 3 fully saturated rings. The molecule has 0 amide bonds. The molecule has 6 nitrogen and oxygen atoms in total. The van der Waals surface area contributed by atoms with E-state index in [1.165, 1.54) is 19.4 Å². The fourth-order valence-electron chi connectivity index (χ4n) is 9.03. The number of carbonyl (C=O) groups is 3. The third-order valence-corrected chi connectivity index (χ3v) is 11.5. The molecule has 0 bridgehead atoms. The minimum atomic E-state index is -0.776. The fourth-order valence-corrected chi connectivity index (χ4v) is 9.03. The number of ether oxygens (including phenoxy) is 2. The molecule has 0 aliphatic heterocycles. The topological polar surface area (TPSA) is 89.9 Å². The van der Waals surface area contributed by atoms with Gasteiger partial charge in [-0.05, 0) is 91.3 Å². The molecule has 4 rings (SSSR count). The largest absolute Gasteiger partial charge is 0.463 e. The molecule has 4 aliphatic carbocycles. The van der Waals surface area contributed by atoms with Crippen molar-refractivity contribution >= 4 is 17.7 Å². The maximum Gasteiger partial charge on any atom is 0.303 e. The van der Waals surface area contributed by atoms with Crippen molar-refractivity contribution in [1.82, 2.24) is 0 Å². The summed E-state index contributed by atoms with van der Waals surface area (Å²) >= 11 is 0. The number of rotatable bonds is 7. The van der Waals surface area contributed by atoms with Crippen LogP contribution < -0.4 is 0 Å². The average Bonchev–Trinajstić information content (AvgIpc) is 3.11. The summed E-state index contributed by atoms with van der Waals surface area (Å²) in [5.41, 5.74) is 2.30. The van der Waals surface area contributed by atoms with Crippen LogP contribution in [0.25, 0.3) is 0 Å². The van der Waals surface area contributed by atoms with E-state index < -0.39 is 12.2 Å². The lowest BCUT2D eigenvalue weighted by molar-refractivity contribution is -0.163. The first-order chi connectivity index (χ1) is 17.7. The SMILES string of the molecule is CC(=O)O[C@H]1CC[C@@]2(C)[C@@H](CCC3=C4C(=O)C[C@H]([C@H](C)[C@H](OC(C)=O)C(O)[C@@H](C)C(C)C)[C@@]4(C)CC[C@@H]32)C1. The molecule has 10 atom stereocenters. The molecule has 38 heavy (non-hydrogen) atoms. The molecule has 1 N–H and O–H groups in total. The first-order valence-corrected chi connectivity index (χ1v) is 15.0. The lowest BCUT2D eigenvalue weighted by atomic mass is 9.48. The highest BCUT2D eigenvalue weighted by molar-refractivity contribution is 6.00. The van der Waals surface area contributed by atoms with E-state index in [0.29, 0.717) is 18.3 Å². The maximum atomic E-state index is 13.8. The molecule has 0 radical (unpaired) electrons. The number of carbonyl (C=O) groups excluding carboxylic acids is 3. The van der Waals surface area contributed by atoms with Gasteiger partial charge in [0.25, 0.3) is 0 Å². The zero-order valence-corrected chi connectivity index (χ0v) is 24.8. The van der Waals surface area contributed by atoms with Gasteiger partial charge in [-0.3, -0.25) is 14.4 Å². The van der Waals surface area contributed by atoms with E-state index in [4.69, 9.17) is 9.47 Å². The maximum absolute atomic E-state index is 13.8. The Hall–Kier alpha value is -1.69. The first-order valence-electron chi connectivity index (χ1n) is 15.0. The highest BCUT2D eigenvalue weighted by atomic mass is 16.6. The third-order valence-electron chi connectivity index (χ3n) is 11.5. The van der Waals surface area contributed by atoms with Gasteiger partial charge in [0.1, 0.15) is 12.2 Å². The van der Waals surface area contributed by atoms with Gasteiger partial charge < -0.3 is 14.6 Å². The molecule has 0 aromatic heterocycles. The van der Waals surface area contributed by atoms with E-state index in [-0.39, 0.29) is 58.3 Å². The molecule has 3 saturated carbocycles. The van der Waals surface area contributed by atoms with Gasteiger partial charge in [0.05, 0.1) is 6.10 Å². The van der Waals surface area contributed by atoms with Crippen molar-refractivity contribution in [3.8, 4) is 0 Å². The van der Waals surface area contributed by atoms with Gasteiger partial charge in [0.15, 0.2) is 5.78 Å². The van der Waals surface area contributed by atoms with Crippen molar-refractivity contribution in [1.29, 1.82) is 0 Å². The number of allylic oxidation sites excluding steroid dienone is 2. The molecule has 1 unspecified atom stereocenters. The minimum Gasteiger partial charge on any atom is -0.463 e. The fraction of sp³-hybridized carbons (Fsp3) is 0.844. The first kappa shape index (κ1) is 29.3. The van der Waals surface area contributed by atoms with Gasteiger partial charge in [0.2, 0.25) is 0 Å². The smallest absolute Gasteiger partial charge is 0.303 e. The summed E-state index contributed by atoms with van der Waals surface area (Å²) in [6.07, 6.45) is 5.88. The van der Waals surface area contributed by atoms with Crippen molar-refractivity contribution in [3.05, 3.63) is 11.1 Å². The lowest BCUT2D eigenvalue weighted by Gasteiger charge is -2.56. The van der Waals surface area contributed by atoms with Gasteiger partial charge in [-0.25, -0.2) is 0 Å². The van der Waals surface area contributed by atoms with Gasteiger partial charge in [-0.1, -0.05) is 47.1 Å². The number of ketones is 1. The minimum absolute atomic E-state index is 0.0184. The lowest BCUT2D eigenvalue weighted by Crippen LogP contribution is -2.50. The average molecular weight is 531 g/mol. The van der Waals surface area contributed by atoms with Crippen LogP contribution in [0.4, 0.5) is 0 Å². The Morgan fingerprint density at radius 3 is 2.29 bits per heavy atom. The van der Waals surface area contributed by atoms with Crippen molar-refractivity contribution in [3.63, 3.8) is 0 Å². The zero-order chi connectivity index (χ0) is 28.2. The molecule has 214 valence electrons. The summed E-state index contributed by atoms with van der Waals surface area (Å²) in [7, 11) is 0. The van der Waals surface area contributed by atoms with Crippen LogP contribution in [0.1, 0.15) is 107 Å². The Morgan fingerprint density at radius 2 is 1.68 bits per heavy atom. The van der Waals surface area contributed by atoms with Crippen LogP contribution in [0, 0.1) is 46.3 Å². The number of esters is 2. The van der Waals surface area contributed by atoms with E-state index in [0.717, 1.165) is 50.5 Å². The predicted octanol–water partition coefficient (Wildman–Crippen LogP) is 6.04. The number of aliphatic hydroxyl groups excluding tert-OH is 1. The van der Waals surface area contributed by atoms with Gasteiger partial charge in [-0.15, -0.1) is 0 Å². The molecule has 0 saturated heterocycles. The Kier molecular flexibility index (Phi) is 8.25. The molecule has 4 aliphatic rings. The Labute approximate surface area is 229 Å². The van der Waals surface area contributed by atoms with Crippen LogP contribution >= 0.6 is 0 Å². The summed E-state index contributed by atoms with van der Waals surface area (Å²) in [5, 5.41) is 11.3. The van der Waals surface area contributed by atoms with E-state index >= 15 is 0 Å². The second kappa shape index (κ2) is 10.7. The summed E-state index contributed by atoms with van der Waals surface area (Å²) in [5.74, 6) is 0.697. The normalized spacial score (nSPS) is 38.0. The summed E-state index contributed by atoms with van der Waals surface area (Å²) in [6.45, 7) is 15.8. The Morgan fingerprint density at radius 1 is 1.00 bits per heavy atom. The Bertz CT molecular complexity index is 982. The van der Waals surface area contributed by atoms with Crippen molar-refractivity contribution in [2.24, 2.45) is 46.3 Å². The third kappa shape index (κ3) is 4.99. The number of Topliss-reactive ketones (excluding diaryl/α,β-unsaturated/α-hetero) is 1. The van der Waals surface area contributed by atoms with E-state index in [1.54, 1.807) is 0 Å². The zero-order valence-electron chi connectivity index (χ0n) is 24.8. The van der Waals surface area contributed by atoms with Gasteiger partial charge >= 0.3 is 11.9 Å². The monoisotopic (exact) mass is 530 g/mol. The van der Waals surface area contributed by atoms with Crippen LogP contribution in [0.2, 0.25) is 0 Å². The standard InChI is InChI=1S/C32H50O6/c1-17(2)18(3)29(36)30(38-21(6)34)19(4)26-16-27(35)28-24-10-9-22-15-23(37-20(5)33)11-13-31(22,7)25(24)12-14-32(26,28)8/h17-19,22-23,25-26,29-30,36H,9-16H2,1-8H3/t18-,19-,22-,23-,25-,26+,29?,30-,31-,32+/m0/s1. The van der Waals surface area contributed by atoms with Gasteiger partial charge in [0, 0.05) is 25.8 Å². The van der Waals surface area contributed by atoms with Crippen LogP contribution in [0.5, 0.6) is 0 Å².